The van der Waals surface area contributed by atoms with Gasteiger partial charge in [-0.05, 0) is 69.7 Å². The van der Waals surface area contributed by atoms with Crippen LogP contribution in [0.1, 0.15) is 81.5 Å². The van der Waals surface area contributed by atoms with E-state index in [2.05, 4.69) is 16.0 Å². The van der Waals surface area contributed by atoms with Crippen molar-refractivity contribution in [2.75, 3.05) is 19.9 Å². The lowest BCUT2D eigenvalue weighted by molar-refractivity contribution is -0.144. The van der Waals surface area contributed by atoms with Crippen molar-refractivity contribution < 1.29 is 58.1 Å². The minimum atomic E-state index is -1.27. The predicted molar refractivity (Wildman–Crippen MR) is 164 cm³/mol. The van der Waals surface area contributed by atoms with Gasteiger partial charge in [-0.15, -0.1) is 0 Å². The van der Waals surface area contributed by atoms with Gasteiger partial charge in [0.1, 0.15) is 24.6 Å². The van der Waals surface area contributed by atoms with E-state index >= 15 is 0 Å². The predicted octanol–water partition coefficient (Wildman–Crippen LogP) is 1.85. The molecule has 0 spiro atoms. The first-order valence-electron chi connectivity index (χ1n) is 14.9. The molecule has 4 atom stereocenters. The Morgan fingerprint density at radius 3 is 2.13 bits per heavy atom. The molecule has 0 aliphatic heterocycles. The summed E-state index contributed by atoms with van der Waals surface area (Å²) >= 11 is 0. The third-order valence-corrected chi connectivity index (χ3v) is 7.45. The van der Waals surface area contributed by atoms with Crippen LogP contribution >= 0.6 is 8.96 Å². The highest BCUT2D eigenvalue weighted by atomic mass is 31.1. The summed E-state index contributed by atoms with van der Waals surface area (Å²) in [5.41, 5.74) is 0.336. The number of carboxylic acid groups (broad SMARTS) is 3. The molecule has 1 unspecified atom stereocenters. The summed E-state index contributed by atoms with van der Waals surface area (Å²) in [6, 6.07) is 2.41. The van der Waals surface area contributed by atoms with E-state index in [0.29, 0.717) is 44.2 Å². The first-order chi connectivity index (χ1) is 21.8. The molecule has 0 heterocycles. The molecule has 0 aromatic heterocycles. The molecule has 3 amide bonds. The van der Waals surface area contributed by atoms with Crippen molar-refractivity contribution >= 4 is 44.6 Å². The van der Waals surface area contributed by atoms with Crippen LogP contribution in [-0.2, 0) is 28.7 Å². The summed E-state index contributed by atoms with van der Waals surface area (Å²) in [5.74, 6) is -5.32. The molecule has 1 rings (SSSR count). The van der Waals surface area contributed by atoms with Gasteiger partial charge in [0.05, 0.1) is 8.96 Å². The lowest BCUT2D eigenvalue weighted by Gasteiger charge is -2.25. The summed E-state index contributed by atoms with van der Waals surface area (Å²) in [7, 11) is -0.895. The van der Waals surface area contributed by atoms with Crippen LogP contribution in [0, 0.1) is 5.82 Å². The maximum atomic E-state index is 13.0. The van der Waals surface area contributed by atoms with Gasteiger partial charge in [-0.25, -0.2) is 13.9 Å². The van der Waals surface area contributed by atoms with Crippen molar-refractivity contribution in [1.82, 2.24) is 20.6 Å². The number of hydrogen-bond acceptors (Lipinski definition) is 9. The zero-order valence-corrected chi connectivity index (χ0v) is 26.7. The van der Waals surface area contributed by atoms with Crippen molar-refractivity contribution in [2.45, 2.75) is 89.3 Å². The van der Waals surface area contributed by atoms with E-state index in [0.717, 1.165) is 4.67 Å². The van der Waals surface area contributed by atoms with E-state index in [4.69, 9.17) is 9.84 Å². The molecular formula is C29H44FN4O11P. The monoisotopic (exact) mass is 674 g/mol. The second-order valence-corrected chi connectivity index (χ2v) is 11.3. The zero-order chi connectivity index (χ0) is 34.5. The molecule has 46 heavy (non-hydrogen) atoms. The summed E-state index contributed by atoms with van der Waals surface area (Å²) in [6.07, 6.45) is 1.90. The SMILES string of the molecule is C[C@H](CCCOCN(PO)[C@@H](CCC(=O)O)C(=O)O)NC(=O)CC[C@H](NC(=O)CCCCCNC(=O)c1ccc(F)cc1)C(=O)O. The number of carbonyl (C=O) groups is 6. The number of ether oxygens (including phenoxy) is 1. The number of amides is 3. The molecule has 0 bridgehead atoms. The Kier molecular flexibility index (Phi) is 19.9. The largest absolute Gasteiger partial charge is 0.481 e. The normalized spacial score (nSPS) is 13.2. The Labute approximate surface area is 268 Å². The van der Waals surface area contributed by atoms with Crippen LogP contribution < -0.4 is 16.0 Å². The van der Waals surface area contributed by atoms with Crippen molar-refractivity contribution in [1.29, 1.82) is 0 Å². The minimum absolute atomic E-state index is 0.0801. The standard InChI is InChI=1S/C29H44FN4O11P/c1-19(6-5-17-45-18-34(46-44)23(29(42)43)13-15-26(37)38)32-25(36)14-12-22(28(40)41)33-24(35)7-3-2-4-16-31-27(39)20-8-10-21(30)11-9-20/h8-11,19,22-23,44,46H,2-7,12-18H2,1H3,(H,31,39)(H,32,36)(H,33,35)(H,37,38)(H,40,41)(H,42,43)/t19-,22+,23+/m1/s1. The maximum Gasteiger partial charge on any atom is 0.326 e. The van der Waals surface area contributed by atoms with E-state index in [1.165, 1.54) is 24.3 Å². The molecule has 15 nitrogen and oxygen atoms in total. The zero-order valence-electron chi connectivity index (χ0n) is 25.7. The third kappa shape index (κ3) is 17.7. The van der Waals surface area contributed by atoms with Crippen LogP contribution in [0.25, 0.3) is 0 Å². The van der Waals surface area contributed by atoms with E-state index in [9.17, 15) is 48.3 Å². The highest BCUT2D eigenvalue weighted by molar-refractivity contribution is 7.28. The average molecular weight is 675 g/mol. The van der Waals surface area contributed by atoms with Crippen molar-refractivity contribution in [3.63, 3.8) is 0 Å². The maximum absolute atomic E-state index is 13.0. The molecule has 0 saturated heterocycles. The lowest BCUT2D eigenvalue weighted by Crippen LogP contribution is -2.42. The summed E-state index contributed by atoms with van der Waals surface area (Å²) in [4.78, 5) is 79.8. The molecule has 0 fully saturated rings. The Balaban J connectivity index is 2.25. The number of aliphatic carboxylic acids is 3. The second kappa shape index (κ2) is 22.7. The van der Waals surface area contributed by atoms with Gasteiger partial charge >= 0.3 is 17.9 Å². The number of nitrogens with zero attached hydrogens (tertiary/aromatic N) is 1. The number of nitrogens with one attached hydrogen (secondary N) is 3. The van der Waals surface area contributed by atoms with E-state index in [1.807, 2.05) is 0 Å². The van der Waals surface area contributed by atoms with Gasteiger partial charge in [-0.1, -0.05) is 6.42 Å². The topological polar surface area (TPSA) is 232 Å². The van der Waals surface area contributed by atoms with Crippen molar-refractivity contribution in [2.24, 2.45) is 0 Å². The molecule has 17 heteroatoms. The second-order valence-electron chi connectivity index (χ2n) is 10.6. The smallest absolute Gasteiger partial charge is 0.326 e. The van der Waals surface area contributed by atoms with E-state index in [-0.39, 0.29) is 57.4 Å². The fraction of sp³-hybridized carbons (Fsp3) is 0.586. The molecule has 258 valence electrons. The molecule has 1 aromatic carbocycles. The summed E-state index contributed by atoms with van der Waals surface area (Å²) in [6.45, 7) is 2.08. The van der Waals surface area contributed by atoms with Crippen LogP contribution in [0.3, 0.4) is 0 Å². The van der Waals surface area contributed by atoms with Gasteiger partial charge in [-0.2, -0.15) is 0 Å². The highest BCUT2D eigenvalue weighted by Gasteiger charge is 2.26. The Bertz CT molecular complexity index is 1140. The van der Waals surface area contributed by atoms with Crippen molar-refractivity contribution in [3.05, 3.63) is 35.6 Å². The quantitative estimate of drug-likeness (QED) is 0.0448. The van der Waals surface area contributed by atoms with Gasteiger partial charge < -0.3 is 40.9 Å². The Morgan fingerprint density at radius 1 is 0.848 bits per heavy atom. The lowest BCUT2D eigenvalue weighted by atomic mass is 10.1. The molecular weight excluding hydrogens is 630 g/mol. The van der Waals surface area contributed by atoms with Crippen LogP contribution in [-0.4, -0.2) is 98.5 Å². The molecule has 0 radical (unpaired) electrons. The summed E-state index contributed by atoms with van der Waals surface area (Å²) < 4.78 is 19.5. The number of unbranched alkanes of at least 4 members (excludes halogenated alkanes) is 2. The minimum Gasteiger partial charge on any atom is -0.481 e. The van der Waals surface area contributed by atoms with Crippen molar-refractivity contribution in [3.8, 4) is 0 Å². The van der Waals surface area contributed by atoms with Crippen LogP contribution in [0.4, 0.5) is 4.39 Å². The molecule has 1 aromatic rings. The van der Waals surface area contributed by atoms with Gasteiger partial charge in [0.2, 0.25) is 11.8 Å². The van der Waals surface area contributed by atoms with Gasteiger partial charge in [-0.3, -0.25) is 24.0 Å². The number of rotatable bonds is 25. The highest BCUT2D eigenvalue weighted by Crippen LogP contribution is 2.20. The van der Waals surface area contributed by atoms with E-state index < -0.39 is 56.6 Å². The van der Waals surface area contributed by atoms with Crippen LogP contribution in [0.15, 0.2) is 24.3 Å². The molecule has 0 aliphatic carbocycles. The molecule has 7 N–H and O–H groups in total. The van der Waals surface area contributed by atoms with E-state index in [1.54, 1.807) is 6.92 Å². The van der Waals surface area contributed by atoms with Crippen LogP contribution in [0.2, 0.25) is 0 Å². The van der Waals surface area contributed by atoms with Gasteiger partial charge in [0.15, 0.2) is 0 Å². The number of carboxylic acids is 3. The van der Waals surface area contributed by atoms with Crippen LogP contribution in [0.5, 0.6) is 0 Å². The first kappa shape index (κ1) is 40.3. The molecule has 0 aliphatic rings. The summed E-state index contributed by atoms with van der Waals surface area (Å²) in [5, 5.41) is 35.4. The number of benzene rings is 1. The first-order valence-corrected chi connectivity index (χ1v) is 15.8. The number of halogens is 1. The number of carbonyl (C=O) groups excluding carboxylic acids is 3. The molecule has 0 saturated carbocycles. The van der Waals surface area contributed by atoms with Gasteiger partial charge in [0.25, 0.3) is 5.91 Å². The van der Waals surface area contributed by atoms with Gasteiger partial charge in [0, 0.05) is 44.0 Å². The average Bonchev–Trinajstić information content (AvgIpc) is 2.99. The number of hydrogen-bond donors (Lipinski definition) is 7. The Morgan fingerprint density at radius 2 is 1.52 bits per heavy atom. The fourth-order valence-electron chi connectivity index (χ4n) is 4.23. The fourth-order valence-corrected chi connectivity index (χ4v) is 4.75. The third-order valence-electron chi connectivity index (χ3n) is 6.75. The Hall–Kier alpha value is -3.72.